The molecule has 1 aliphatic heterocycles. The van der Waals surface area contributed by atoms with Crippen molar-refractivity contribution in [1.82, 2.24) is 24.9 Å². The van der Waals surface area contributed by atoms with E-state index in [0.717, 1.165) is 43.4 Å². The topological polar surface area (TPSA) is 57.0 Å². The molecule has 0 saturated carbocycles. The summed E-state index contributed by atoms with van der Waals surface area (Å²) < 4.78 is 2.06. The number of aromatic nitrogens is 2. The third kappa shape index (κ3) is 7.20. The maximum absolute atomic E-state index is 4.76. The summed E-state index contributed by atoms with van der Waals surface area (Å²) in [5, 5.41) is 6.77. The lowest BCUT2D eigenvalue weighted by Gasteiger charge is -2.26. The van der Waals surface area contributed by atoms with Gasteiger partial charge in [-0.25, -0.2) is 9.98 Å². The molecule has 3 heterocycles. The molecule has 0 bridgehead atoms. The highest BCUT2D eigenvalue weighted by atomic mass is 127. The molecule has 172 valence electrons. The van der Waals surface area contributed by atoms with Crippen molar-refractivity contribution < 1.29 is 0 Å². The molecule has 4 rings (SSSR count). The number of likely N-dealkylation sites (tertiary alicyclic amines) is 1. The molecule has 1 aromatic carbocycles. The fourth-order valence-corrected chi connectivity index (χ4v) is 4.05. The summed E-state index contributed by atoms with van der Waals surface area (Å²) in [5.41, 5.74) is 4.70. The van der Waals surface area contributed by atoms with Gasteiger partial charge in [0.1, 0.15) is 5.65 Å². The van der Waals surface area contributed by atoms with Crippen molar-refractivity contribution >= 4 is 35.6 Å². The zero-order chi connectivity index (χ0) is 21.3. The molecule has 7 heteroatoms. The second-order valence-electron chi connectivity index (χ2n) is 8.22. The van der Waals surface area contributed by atoms with Gasteiger partial charge in [0.2, 0.25) is 0 Å². The number of pyridine rings is 1. The van der Waals surface area contributed by atoms with E-state index in [9.17, 15) is 0 Å². The Morgan fingerprint density at radius 3 is 2.53 bits per heavy atom. The number of benzene rings is 1. The van der Waals surface area contributed by atoms with Crippen LogP contribution in [-0.4, -0.2) is 46.4 Å². The predicted octanol–water partition coefficient (Wildman–Crippen LogP) is 4.24. The number of nitrogens with one attached hydrogen (secondary N) is 2. The number of aliphatic imine (C=N–C) groups is 1. The van der Waals surface area contributed by atoms with E-state index in [0.29, 0.717) is 6.54 Å². The third-order valence-corrected chi connectivity index (χ3v) is 5.73. The lowest BCUT2D eigenvalue weighted by atomic mass is 10.1. The first kappa shape index (κ1) is 24.5. The summed E-state index contributed by atoms with van der Waals surface area (Å²) in [7, 11) is 0. The van der Waals surface area contributed by atoms with E-state index < -0.39 is 0 Å². The molecule has 0 amide bonds. The number of imidazole rings is 1. The molecular formula is C25H35IN6. The molecule has 1 fully saturated rings. The molecule has 1 saturated heterocycles. The minimum atomic E-state index is 0. The highest BCUT2D eigenvalue weighted by Gasteiger charge is 2.10. The molecule has 2 N–H and O–H groups in total. The number of nitrogens with zero attached hydrogens (tertiary/aromatic N) is 4. The van der Waals surface area contributed by atoms with Gasteiger partial charge in [-0.3, -0.25) is 4.90 Å². The Morgan fingerprint density at radius 2 is 1.78 bits per heavy atom. The lowest BCUT2D eigenvalue weighted by molar-refractivity contribution is 0.221. The van der Waals surface area contributed by atoms with Gasteiger partial charge in [0.15, 0.2) is 5.96 Å². The second-order valence-corrected chi connectivity index (χ2v) is 8.22. The van der Waals surface area contributed by atoms with Gasteiger partial charge in [0.25, 0.3) is 0 Å². The normalized spacial score (nSPS) is 14.8. The standard InChI is InChI=1S/C25H34N6.HI/c1-2-26-25(27-14-13-23-20-31-17-7-4-8-24(31)29-23)28-18-21-9-11-22(12-10-21)19-30-15-5-3-6-16-30;/h4,7-12,17,20H,2-3,5-6,13-16,18-19H2,1H3,(H2,26,27,28);1H. The molecule has 2 aromatic heterocycles. The highest BCUT2D eigenvalue weighted by molar-refractivity contribution is 14.0. The van der Waals surface area contributed by atoms with Crippen LogP contribution < -0.4 is 10.6 Å². The molecule has 1 aliphatic rings. The molecule has 0 unspecified atom stereocenters. The average molecular weight is 547 g/mol. The van der Waals surface area contributed by atoms with Gasteiger partial charge in [-0.2, -0.15) is 0 Å². The molecule has 0 atom stereocenters. The Morgan fingerprint density at radius 1 is 1.00 bits per heavy atom. The van der Waals surface area contributed by atoms with E-state index in [4.69, 9.17) is 4.99 Å². The van der Waals surface area contributed by atoms with E-state index in [-0.39, 0.29) is 24.0 Å². The molecule has 32 heavy (non-hydrogen) atoms. The van der Waals surface area contributed by atoms with Gasteiger partial charge in [-0.1, -0.05) is 36.8 Å². The first-order chi connectivity index (χ1) is 15.3. The predicted molar refractivity (Wildman–Crippen MR) is 143 cm³/mol. The molecular weight excluding hydrogens is 511 g/mol. The Hall–Kier alpha value is -2.13. The number of piperidine rings is 1. The van der Waals surface area contributed by atoms with Crippen LogP contribution in [0.25, 0.3) is 5.65 Å². The van der Waals surface area contributed by atoms with Crippen LogP contribution in [0.4, 0.5) is 0 Å². The molecule has 0 radical (unpaired) electrons. The van der Waals surface area contributed by atoms with E-state index >= 15 is 0 Å². The molecule has 0 aliphatic carbocycles. The van der Waals surface area contributed by atoms with E-state index in [2.05, 4.69) is 62.3 Å². The second kappa shape index (κ2) is 12.8. The van der Waals surface area contributed by atoms with Crippen LogP contribution in [0.3, 0.4) is 0 Å². The van der Waals surface area contributed by atoms with Crippen LogP contribution >= 0.6 is 24.0 Å². The third-order valence-electron chi connectivity index (χ3n) is 5.73. The quantitative estimate of drug-likeness (QED) is 0.252. The Kier molecular flexibility index (Phi) is 9.80. The summed E-state index contributed by atoms with van der Waals surface area (Å²) in [6.45, 7) is 7.94. The van der Waals surface area contributed by atoms with Crippen molar-refractivity contribution in [3.05, 3.63) is 71.7 Å². The van der Waals surface area contributed by atoms with Crippen molar-refractivity contribution in [2.75, 3.05) is 26.2 Å². The first-order valence-corrected chi connectivity index (χ1v) is 11.5. The van der Waals surface area contributed by atoms with Crippen LogP contribution in [0.1, 0.15) is 43.0 Å². The van der Waals surface area contributed by atoms with Gasteiger partial charge in [0.05, 0.1) is 12.2 Å². The van der Waals surface area contributed by atoms with Crippen molar-refractivity contribution in [3.8, 4) is 0 Å². The van der Waals surface area contributed by atoms with Gasteiger partial charge < -0.3 is 15.0 Å². The Balaban J connectivity index is 0.00000289. The van der Waals surface area contributed by atoms with E-state index in [1.165, 1.54) is 43.5 Å². The van der Waals surface area contributed by atoms with Crippen molar-refractivity contribution in [3.63, 3.8) is 0 Å². The summed E-state index contributed by atoms with van der Waals surface area (Å²) in [5.74, 6) is 0.851. The average Bonchev–Trinajstić information content (AvgIpc) is 3.22. The number of guanidine groups is 1. The van der Waals surface area contributed by atoms with Gasteiger partial charge >= 0.3 is 0 Å². The lowest BCUT2D eigenvalue weighted by Crippen LogP contribution is -2.38. The molecule has 3 aromatic rings. The minimum absolute atomic E-state index is 0. The van der Waals surface area contributed by atoms with Crippen LogP contribution in [-0.2, 0) is 19.5 Å². The van der Waals surface area contributed by atoms with Crippen LogP contribution in [0.5, 0.6) is 0 Å². The monoisotopic (exact) mass is 546 g/mol. The van der Waals surface area contributed by atoms with Crippen molar-refractivity contribution in [2.24, 2.45) is 4.99 Å². The van der Waals surface area contributed by atoms with Gasteiger partial charge in [0, 0.05) is 38.4 Å². The number of halogens is 1. The summed E-state index contributed by atoms with van der Waals surface area (Å²) in [6.07, 6.45) is 9.04. The Bertz CT molecular complexity index is 943. The van der Waals surface area contributed by atoms with Gasteiger partial charge in [-0.15, -0.1) is 24.0 Å². The highest BCUT2D eigenvalue weighted by Crippen LogP contribution is 2.14. The number of hydrogen-bond donors (Lipinski definition) is 2. The Labute approximate surface area is 208 Å². The van der Waals surface area contributed by atoms with E-state index in [1.54, 1.807) is 0 Å². The minimum Gasteiger partial charge on any atom is -0.357 e. The number of rotatable bonds is 8. The number of hydrogen-bond acceptors (Lipinski definition) is 3. The SMILES string of the molecule is CCNC(=NCc1ccc(CN2CCCCC2)cc1)NCCc1cn2ccccc2n1.I. The smallest absolute Gasteiger partial charge is 0.191 e. The van der Waals surface area contributed by atoms with Crippen LogP contribution in [0.15, 0.2) is 59.9 Å². The fourth-order valence-electron chi connectivity index (χ4n) is 4.05. The van der Waals surface area contributed by atoms with Crippen molar-refractivity contribution in [1.29, 1.82) is 0 Å². The van der Waals surface area contributed by atoms with Crippen LogP contribution in [0, 0.1) is 0 Å². The fraction of sp³-hybridized carbons (Fsp3) is 0.440. The van der Waals surface area contributed by atoms with Gasteiger partial charge in [-0.05, 0) is 56.1 Å². The zero-order valence-electron chi connectivity index (χ0n) is 19.0. The largest absolute Gasteiger partial charge is 0.357 e. The zero-order valence-corrected chi connectivity index (χ0v) is 21.3. The summed E-state index contributed by atoms with van der Waals surface area (Å²) in [4.78, 5) is 12.0. The maximum Gasteiger partial charge on any atom is 0.191 e. The van der Waals surface area contributed by atoms with Crippen LogP contribution in [0.2, 0.25) is 0 Å². The van der Waals surface area contributed by atoms with Crippen molar-refractivity contribution in [2.45, 2.75) is 45.7 Å². The summed E-state index contributed by atoms with van der Waals surface area (Å²) in [6, 6.07) is 15.0. The molecule has 6 nitrogen and oxygen atoms in total. The first-order valence-electron chi connectivity index (χ1n) is 11.5. The summed E-state index contributed by atoms with van der Waals surface area (Å²) >= 11 is 0. The van der Waals surface area contributed by atoms with E-state index in [1.807, 2.05) is 24.4 Å². The maximum atomic E-state index is 4.76. The molecule has 0 spiro atoms. The number of fused-ring (bicyclic) bond motifs is 1.